The molecule has 0 aromatic heterocycles. The first-order valence-corrected chi connectivity index (χ1v) is 0.775. The minimum absolute atomic E-state index is 0. The standard InChI is InChI=1S/BH3O3.Ca.Ho.H2O.2H/c2-1(3)4;;;;;/h2-4H;;;1H2;;/q;+2;;;2*-1. The fraction of sp³-hybridized carbons (Fsp3) is 0. The van der Waals surface area contributed by atoms with Gasteiger partial charge in [0.15, 0.2) is 0 Å². The summed E-state index contributed by atoms with van der Waals surface area (Å²) in [5.41, 5.74) is 0. The van der Waals surface area contributed by atoms with Crippen molar-refractivity contribution in [2.45, 2.75) is 0 Å². The van der Waals surface area contributed by atoms with Crippen LogP contribution in [0.1, 0.15) is 2.85 Å². The van der Waals surface area contributed by atoms with Crippen LogP contribution in [0.3, 0.4) is 0 Å². The molecule has 0 saturated heterocycles. The fourth-order valence-corrected chi connectivity index (χ4v) is 0. The molecule has 47 valence electrons. The second-order valence-corrected chi connectivity index (χ2v) is 0.346. The molecule has 0 aliphatic heterocycles. The SMILES string of the molecule is O.OB(O)O.[Ca+2].[H-].[H-].[Ho]. The minimum atomic E-state index is -2.17. The molecular formula is H7BCaHoO4. The van der Waals surface area contributed by atoms with E-state index in [0.29, 0.717) is 0 Å². The Labute approximate surface area is 104 Å². The first kappa shape index (κ1) is 22.7. The summed E-state index contributed by atoms with van der Waals surface area (Å²) in [4.78, 5) is 0. The van der Waals surface area contributed by atoms with E-state index in [4.69, 9.17) is 15.1 Å². The first-order chi connectivity index (χ1) is 1.73. The van der Waals surface area contributed by atoms with Crippen LogP contribution in [0.15, 0.2) is 0 Å². The molecule has 0 fully saturated rings. The van der Waals surface area contributed by atoms with Crippen LogP contribution < -0.4 is 0 Å². The van der Waals surface area contributed by atoms with Gasteiger partial charge < -0.3 is 23.4 Å². The van der Waals surface area contributed by atoms with Crippen molar-refractivity contribution in [3.63, 3.8) is 0 Å². The molecule has 0 aromatic rings. The van der Waals surface area contributed by atoms with Gasteiger partial charge >= 0.3 is 45.1 Å². The quantitative estimate of drug-likeness (QED) is 0.414. The van der Waals surface area contributed by atoms with Crippen LogP contribution in [0.25, 0.3) is 0 Å². The van der Waals surface area contributed by atoms with Gasteiger partial charge in [0.05, 0.1) is 0 Å². The second kappa shape index (κ2) is 15.8. The van der Waals surface area contributed by atoms with Crippen molar-refractivity contribution in [1.82, 2.24) is 0 Å². The summed E-state index contributed by atoms with van der Waals surface area (Å²) in [6.45, 7) is 0. The van der Waals surface area contributed by atoms with Gasteiger partial charge in [0.1, 0.15) is 0 Å². The fourth-order valence-electron chi connectivity index (χ4n) is 0. The van der Waals surface area contributed by atoms with Gasteiger partial charge in [0, 0.05) is 37.7 Å². The molecule has 0 aliphatic rings. The molecule has 0 aromatic carbocycles. The van der Waals surface area contributed by atoms with Crippen molar-refractivity contribution in [3.8, 4) is 0 Å². The summed E-state index contributed by atoms with van der Waals surface area (Å²) >= 11 is 0. The van der Waals surface area contributed by atoms with E-state index in [-0.39, 0.29) is 83.8 Å². The van der Waals surface area contributed by atoms with Gasteiger partial charge in [0.25, 0.3) is 0 Å². The molecule has 7 heteroatoms. The molecule has 0 spiro atoms. The molecule has 0 aliphatic carbocycles. The monoisotopic (exact) mass is 287 g/mol. The van der Waals surface area contributed by atoms with E-state index in [2.05, 4.69) is 0 Å². The van der Waals surface area contributed by atoms with Gasteiger partial charge in [0.2, 0.25) is 0 Å². The van der Waals surface area contributed by atoms with E-state index in [0.717, 1.165) is 0 Å². The van der Waals surface area contributed by atoms with Crippen molar-refractivity contribution >= 4 is 45.1 Å². The predicted octanol–water partition coefficient (Wildman–Crippen LogP) is -3.03. The average molecular weight is 287 g/mol. The number of hydrogen-bond donors (Lipinski definition) is 3. The summed E-state index contributed by atoms with van der Waals surface area (Å²) in [7, 11) is -2.17. The van der Waals surface area contributed by atoms with Crippen LogP contribution in [0.4, 0.5) is 0 Å². The van der Waals surface area contributed by atoms with E-state index < -0.39 is 7.32 Å². The summed E-state index contributed by atoms with van der Waals surface area (Å²) in [6, 6.07) is 0. The van der Waals surface area contributed by atoms with Crippen molar-refractivity contribution in [1.29, 1.82) is 0 Å². The largest absolute Gasteiger partial charge is 2.00 e. The molecule has 0 amide bonds. The smallest absolute Gasteiger partial charge is 1.00 e. The average Bonchev–Trinajstić information content (AvgIpc) is 0.811. The Morgan fingerprint density at radius 3 is 1.14 bits per heavy atom. The number of hydrogen-bond acceptors (Lipinski definition) is 3. The molecule has 0 heterocycles. The Morgan fingerprint density at radius 2 is 1.14 bits per heavy atom. The van der Waals surface area contributed by atoms with E-state index in [1.54, 1.807) is 0 Å². The maximum atomic E-state index is 7.17. The van der Waals surface area contributed by atoms with Crippen LogP contribution >= 0.6 is 0 Å². The summed E-state index contributed by atoms with van der Waals surface area (Å²) in [6.07, 6.45) is 0. The first-order valence-electron chi connectivity index (χ1n) is 0.775. The van der Waals surface area contributed by atoms with E-state index in [9.17, 15) is 0 Å². The Hall–Kier alpha value is 2.42. The Bertz CT molecular complexity index is 23.3. The van der Waals surface area contributed by atoms with E-state index >= 15 is 0 Å². The normalized spacial score (nSPS) is 3.86. The molecule has 5 N–H and O–H groups in total. The predicted molar refractivity (Wildman–Crippen MR) is 24.0 cm³/mol. The van der Waals surface area contributed by atoms with Gasteiger partial charge in [-0.05, 0) is 0 Å². The third-order valence-electron chi connectivity index (χ3n) is 0. The van der Waals surface area contributed by atoms with E-state index in [1.807, 2.05) is 0 Å². The van der Waals surface area contributed by atoms with Crippen molar-refractivity contribution in [2.24, 2.45) is 0 Å². The maximum Gasteiger partial charge on any atom is 2.00 e. The Morgan fingerprint density at radius 1 is 1.14 bits per heavy atom. The third kappa shape index (κ3) is 59.2. The second-order valence-electron chi connectivity index (χ2n) is 0.346. The van der Waals surface area contributed by atoms with Gasteiger partial charge in [-0.1, -0.05) is 0 Å². The Kier molecular flexibility index (Phi) is 51.2. The number of rotatable bonds is 0. The molecular weight excluding hydrogens is 280 g/mol. The van der Waals surface area contributed by atoms with Crippen LogP contribution in [0.5, 0.6) is 0 Å². The van der Waals surface area contributed by atoms with E-state index in [1.165, 1.54) is 0 Å². The van der Waals surface area contributed by atoms with Gasteiger partial charge in [-0.25, -0.2) is 0 Å². The third-order valence-corrected chi connectivity index (χ3v) is 0. The zero-order valence-corrected chi connectivity index (χ0v) is 7.57. The van der Waals surface area contributed by atoms with Crippen molar-refractivity contribution < 1.29 is 61.1 Å². The summed E-state index contributed by atoms with van der Waals surface area (Å²) in [5.74, 6) is 0. The Balaban J connectivity index is -0.00000000450. The molecule has 0 unspecified atom stereocenters. The van der Waals surface area contributed by atoms with Gasteiger partial charge in [-0.2, -0.15) is 0 Å². The minimum Gasteiger partial charge on any atom is -1.00 e. The molecule has 0 saturated carbocycles. The van der Waals surface area contributed by atoms with Crippen LogP contribution in [0, 0.1) is 37.7 Å². The van der Waals surface area contributed by atoms with Crippen LogP contribution in [0.2, 0.25) is 0 Å². The maximum absolute atomic E-state index is 7.17. The van der Waals surface area contributed by atoms with Gasteiger partial charge in [-0.15, -0.1) is 0 Å². The molecule has 1 radical (unpaired) electrons. The zero-order valence-electron chi connectivity index (χ0n) is 5.43. The topological polar surface area (TPSA) is 92.2 Å². The summed E-state index contributed by atoms with van der Waals surface area (Å²) < 4.78 is 0. The van der Waals surface area contributed by atoms with Gasteiger partial charge in [-0.3, -0.25) is 0 Å². The van der Waals surface area contributed by atoms with Crippen LogP contribution in [-0.2, 0) is 0 Å². The summed E-state index contributed by atoms with van der Waals surface area (Å²) in [5, 5.41) is 21.5. The van der Waals surface area contributed by atoms with Crippen molar-refractivity contribution in [3.05, 3.63) is 0 Å². The molecule has 0 rings (SSSR count). The molecule has 4 nitrogen and oxygen atoms in total. The van der Waals surface area contributed by atoms with Crippen molar-refractivity contribution in [2.75, 3.05) is 0 Å². The zero-order chi connectivity index (χ0) is 3.58. The van der Waals surface area contributed by atoms with Crippen LogP contribution in [-0.4, -0.2) is 65.6 Å². The molecule has 7 heavy (non-hydrogen) atoms. The molecule has 0 atom stereocenters. The molecule has 0 bridgehead atoms.